The Morgan fingerprint density at radius 3 is 2.50 bits per heavy atom. The van der Waals surface area contributed by atoms with E-state index in [4.69, 9.17) is 4.74 Å². The summed E-state index contributed by atoms with van der Waals surface area (Å²) in [5.74, 6) is 4.24. The van der Waals surface area contributed by atoms with E-state index in [0.717, 1.165) is 23.7 Å². The average Bonchev–Trinajstić information content (AvgIpc) is 3.04. The van der Waals surface area contributed by atoms with E-state index in [1.54, 1.807) is 0 Å². The number of carbonyl (C=O) groups is 1. The molecular weight excluding hydrogens is 348 g/mol. The summed E-state index contributed by atoms with van der Waals surface area (Å²) in [6.45, 7) is 7.47. The maximum absolute atomic E-state index is 11.7. The van der Waals surface area contributed by atoms with Crippen LogP contribution in [0.3, 0.4) is 0 Å². The number of hydrogen-bond donors (Lipinski definition) is 1. The molecule has 0 aromatic carbocycles. The molecule has 4 aliphatic rings. The van der Waals surface area contributed by atoms with Crippen molar-refractivity contribution in [3.63, 3.8) is 0 Å². The van der Waals surface area contributed by atoms with Gasteiger partial charge in [-0.3, -0.25) is 0 Å². The molecule has 0 aromatic rings. The van der Waals surface area contributed by atoms with E-state index in [-0.39, 0.29) is 0 Å². The highest BCUT2D eigenvalue weighted by Gasteiger charge is 2.60. The number of methoxy groups -OCH3 is 1. The summed E-state index contributed by atoms with van der Waals surface area (Å²) >= 11 is 0. The minimum Gasteiger partial charge on any atom is -0.467 e. The second kappa shape index (κ2) is 7.60. The van der Waals surface area contributed by atoms with Crippen LogP contribution in [0.1, 0.15) is 91.4 Å². The number of aliphatic hydroxyl groups excluding tert-OH is 1. The van der Waals surface area contributed by atoms with Crippen LogP contribution in [-0.4, -0.2) is 24.3 Å². The quantitative estimate of drug-likeness (QED) is 0.636. The molecule has 4 fully saturated rings. The molecule has 0 bridgehead atoms. The van der Waals surface area contributed by atoms with Crippen molar-refractivity contribution >= 4 is 5.97 Å². The number of ether oxygens (including phenoxy) is 1. The lowest BCUT2D eigenvalue weighted by molar-refractivity contribution is -0.152. The fourth-order valence-electron chi connectivity index (χ4n) is 9.02. The average molecular weight is 391 g/mol. The van der Waals surface area contributed by atoms with E-state index in [1.807, 2.05) is 0 Å². The molecule has 4 aliphatic carbocycles. The van der Waals surface area contributed by atoms with E-state index in [1.165, 1.54) is 71.3 Å². The van der Waals surface area contributed by atoms with Crippen LogP contribution in [0.4, 0.5) is 0 Å². The molecule has 3 heteroatoms. The van der Waals surface area contributed by atoms with Gasteiger partial charge in [-0.15, -0.1) is 0 Å². The summed E-state index contributed by atoms with van der Waals surface area (Å²) in [7, 11) is 1.37. The second-order valence-corrected chi connectivity index (χ2v) is 11.4. The van der Waals surface area contributed by atoms with Gasteiger partial charge in [-0.05, 0) is 104 Å². The standard InChI is InChI=1S/C25H42O3/c1-16(15-22(26)23(27)28-4)19-10-11-20-18-9-8-17-7-5-6-13-24(17,2)21(18)12-14-25(19,20)3/h16-22,26H,5-15H2,1-4H3/t16-,17?,18+,19-,20+,21+,22?,24+,25-/m1/s1. The first-order valence-corrected chi connectivity index (χ1v) is 12.1. The smallest absolute Gasteiger partial charge is 0.334 e. The lowest BCUT2D eigenvalue weighted by Crippen LogP contribution is -2.53. The third kappa shape index (κ3) is 3.15. The zero-order chi connectivity index (χ0) is 20.1. The van der Waals surface area contributed by atoms with Gasteiger partial charge in [-0.25, -0.2) is 4.79 Å². The molecule has 3 nitrogen and oxygen atoms in total. The largest absolute Gasteiger partial charge is 0.467 e. The summed E-state index contributed by atoms with van der Waals surface area (Å²) in [6.07, 6.45) is 13.8. The molecule has 28 heavy (non-hydrogen) atoms. The molecule has 0 saturated heterocycles. The molecule has 2 unspecified atom stereocenters. The highest BCUT2D eigenvalue weighted by Crippen LogP contribution is 2.68. The minimum atomic E-state index is -0.962. The van der Waals surface area contributed by atoms with Crippen molar-refractivity contribution in [3.8, 4) is 0 Å². The minimum absolute atomic E-state index is 0.377. The molecule has 4 saturated carbocycles. The molecule has 160 valence electrons. The number of fused-ring (bicyclic) bond motifs is 5. The summed E-state index contributed by atoms with van der Waals surface area (Å²) < 4.78 is 4.75. The second-order valence-electron chi connectivity index (χ2n) is 11.4. The van der Waals surface area contributed by atoms with Crippen LogP contribution in [0.25, 0.3) is 0 Å². The van der Waals surface area contributed by atoms with E-state index < -0.39 is 12.1 Å². The molecule has 4 rings (SSSR count). The van der Waals surface area contributed by atoms with Crippen molar-refractivity contribution < 1.29 is 14.6 Å². The zero-order valence-electron chi connectivity index (χ0n) is 18.6. The van der Waals surface area contributed by atoms with Crippen LogP contribution < -0.4 is 0 Å². The fourth-order valence-corrected chi connectivity index (χ4v) is 9.02. The molecule has 0 aromatic heterocycles. The monoisotopic (exact) mass is 390 g/mol. The van der Waals surface area contributed by atoms with E-state index in [2.05, 4.69) is 20.8 Å². The molecule has 0 radical (unpaired) electrons. The molecule has 9 atom stereocenters. The van der Waals surface area contributed by atoms with Crippen molar-refractivity contribution in [2.24, 2.45) is 46.3 Å². The first-order chi connectivity index (χ1) is 13.3. The van der Waals surface area contributed by atoms with Crippen molar-refractivity contribution in [3.05, 3.63) is 0 Å². The van der Waals surface area contributed by atoms with E-state index in [9.17, 15) is 9.90 Å². The topological polar surface area (TPSA) is 46.5 Å². The molecule has 0 spiro atoms. The summed E-state index contributed by atoms with van der Waals surface area (Å²) in [5.41, 5.74) is 1.00. The third-order valence-corrected chi connectivity index (χ3v) is 10.4. The van der Waals surface area contributed by atoms with Crippen molar-refractivity contribution in [1.29, 1.82) is 0 Å². The van der Waals surface area contributed by atoms with Gasteiger partial charge < -0.3 is 9.84 Å². The van der Waals surface area contributed by atoms with Crippen LogP contribution in [0.15, 0.2) is 0 Å². The number of aliphatic hydroxyl groups is 1. The Labute approximate surface area is 172 Å². The predicted octanol–water partition coefficient (Wildman–Crippen LogP) is 5.60. The summed E-state index contributed by atoms with van der Waals surface area (Å²) in [6, 6.07) is 0. The van der Waals surface area contributed by atoms with Crippen LogP contribution in [0.2, 0.25) is 0 Å². The molecule has 0 aliphatic heterocycles. The normalized spacial score (nSPS) is 47.4. The zero-order valence-corrected chi connectivity index (χ0v) is 18.6. The van der Waals surface area contributed by atoms with Crippen LogP contribution in [0.5, 0.6) is 0 Å². The summed E-state index contributed by atoms with van der Waals surface area (Å²) in [5, 5.41) is 10.2. The van der Waals surface area contributed by atoms with Gasteiger partial charge in [-0.2, -0.15) is 0 Å². The van der Waals surface area contributed by atoms with Crippen LogP contribution >= 0.6 is 0 Å². The number of rotatable bonds is 4. The first kappa shape index (κ1) is 20.7. The molecule has 1 N–H and O–H groups in total. The summed E-state index contributed by atoms with van der Waals surface area (Å²) in [4.78, 5) is 11.7. The van der Waals surface area contributed by atoms with Crippen molar-refractivity contribution in [2.75, 3.05) is 7.11 Å². The molecule has 0 heterocycles. The fraction of sp³-hybridized carbons (Fsp3) is 0.960. The first-order valence-electron chi connectivity index (χ1n) is 12.1. The number of hydrogen-bond acceptors (Lipinski definition) is 3. The Kier molecular flexibility index (Phi) is 5.61. The molecular formula is C25H42O3. The Morgan fingerprint density at radius 1 is 1.00 bits per heavy atom. The highest BCUT2D eigenvalue weighted by molar-refractivity contribution is 5.74. The van der Waals surface area contributed by atoms with Gasteiger partial charge in [0.1, 0.15) is 0 Å². The van der Waals surface area contributed by atoms with Gasteiger partial charge in [0.25, 0.3) is 0 Å². The van der Waals surface area contributed by atoms with Crippen LogP contribution in [-0.2, 0) is 9.53 Å². The Hall–Kier alpha value is -0.570. The SMILES string of the molecule is COC(=O)C(O)C[C@@H](C)[C@H]1CC[C@H]2[C@@H]3CCC4CCCC[C@]4(C)[C@H]3CC[C@]12C. The number of esters is 1. The Morgan fingerprint density at radius 2 is 1.75 bits per heavy atom. The Bertz CT molecular complexity index is 588. The predicted molar refractivity (Wildman–Crippen MR) is 112 cm³/mol. The van der Waals surface area contributed by atoms with Crippen LogP contribution in [0, 0.1) is 46.3 Å². The van der Waals surface area contributed by atoms with Gasteiger partial charge in [0.15, 0.2) is 6.10 Å². The Balaban J connectivity index is 1.50. The van der Waals surface area contributed by atoms with Gasteiger partial charge in [0, 0.05) is 0 Å². The van der Waals surface area contributed by atoms with Gasteiger partial charge in [-0.1, -0.05) is 33.6 Å². The van der Waals surface area contributed by atoms with Crippen molar-refractivity contribution in [2.45, 2.75) is 97.5 Å². The maximum Gasteiger partial charge on any atom is 0.334 e. The lowest BCUT2D eigenvalue weighted by atomic mass is 9.44. The van der Waals surface area contributed by atoms with Gasteiger partial charge in [0.05, 0.1) is 7.11 Å². The maximum atomic E-state index is 11.7. The van der Waals surface area contributed by atoms with E-state index >= 15 is 0 Å². The van der Waals surface area contributed by atoms with Crippen molar-refractivity contribution in [1.82, 2.24) is 0 Å². The molecule has 0 amide bonds. The van der Waals surface area contributed by atoms with Gasteiger partial charge in [0.2, 0.25) is 0 Å². The third-order valence-electron chi connectivity index (χ3n) is 10.4. The highest BCUT2D eigenvalue weighted by atomic mass is 16.5. The van der Waals surface area contributed by atoms with Gasteiger partial charge >= 0.3 is 5.97 Å². The van der Waals surface area contributed by atoms with E-state index in [0.29, 0.717) is 29.1 Å². The lowest BCUT2D eigenvalue weighted by Gasteiger charge is -2.61. The number of carbonyl (C=O) groups excluding carboxylic acids is 1.